The van der Waals surface area contributed by atoms with Gasteiger partial charge >= 0.3 is 6.09 Å². The van der Waals surface area contributed by atoms with Crippen LogP contribution in [0, 0.1) is 0 Å². The Balaban J connectivity index is 1.40. The molecule has 0 saturated carbocycles. The summed E-state index contributed by atoms with van der Waals surface area (Å²) in [6.45, 7) is 5.59. The molecule has 2 bridgehead atoms. The highest BCUT2D eigenvalue weighted by molar-refractivity contribution is 7.99. The summed E-state index contributed by atoms with van der Waals surface area (Å²) in [4.78, 5) is 23.7. The Morgan fingerprint density at radius 3 is 2.58 bits per heavy atom. The molecule has 2 atom stereocenters. The molecule has 1 amide bonds. The Morgan fingerprint density at radius 2 is 1.97 bits per heavy atom. The quantitative estimate of drug-likeness (QED) is 0.699. The summed E-state index contributed by atoms with van der Waals surface area (Å²) >= 11 is 7.55. The number of hydrogen-bond acceptors (Lipinski definition) is 9. The second kappa shape index (κ2) is 8.66. The first-order valence-corrected chi connectivity index (χ1v) is 11.4. The molecule has 0 aromatic carbocycles. The number of nitrogens with zero attached hydrogens (tertiary/aromatic N) is 5. The van der Waals surface area contributed by atoms with Crippen LogP contribution < -0.4 is 16.0 Å². The van der Waals surface area contributed by atoms with Crippen molar-refractivity contribution in [2.75, 3.05) is 10.6 Å². The van der Waals surface area contributed by atoms with Gasteiger partial charge in [0.1, 0.15) is 16.4 Å². The maximum absolute atomic E-state index is 12.1. The van der Waals surface area contributed by atoms with Gasteiger partial charge in [0, 0.05) is 29.2 Å². The number of aromatic nitrogens is 4. The molecule has 2 aliphatic rings. The van der Waals surface area contributed by atoms with Crippen molar-refractivity contribution < 1.29 is 9.53 Å². The molecule has 2 saturated heterocycles. The number of nitrogens with one attached hydrogen (secondary N) is 1. The molecule has 2 fully saturated rings. The Bertz CT molecular complexity index is 940. The van der Waals surface area contributed by atoms with Gasteiger partial charge in [-0.25, -0.2) is 14.8 Å². The number of carbonyl (C=O) groups excluding carboxylic acids is 1. The largest absolute Gasteiger partial charge is 0.444 e. The van der Waals surface area contributed by atoms with Crippen LogP contribution in [0.1, 0.15) is 46.5 Å². The monoisotopic (exact) mass is 463 g/mol. The molecule has 31 heavy (non-hydrogen) atoms. The fourth-order valence-corrected chi connectivity index (χ4v) is 5.12. The summed E-state index contributed by atoms with van der Waals surface area (Å²) in [5.74, 6) is 0.900. The maximum atomic E-state index is 12.1. The third-order valence-corrected chi connectivity index (χ3v) is 6.77. The van der Waals surface area contributed by atoms with E-state index in [1.54, 1.807) is 18.5 Å². The second-order valence-corrected chi connectivity index (χ2v) is 10.3. The standard InChI is InChI=1S/C20H26ClN7O2S/c1-20(2,3)30-19(29)25-11-8-12-4-5-13(9-11)28(12)18-24-10-15(26-27-18)31-14-6-7-23-17(22)16(14)21/h6-7,10-13H,4-5,8-9H2,1-3H3,(H2,22,23)(H,25,29). The highest BCUT2D eigenvalue weighted by Gasteiger charge is 2.43. The molecular formula is C20H26ClN7O2S. The predicted octanol–water partition coefficient (Wildman–Crippen LogP) is 3.68. The number of alkyl carbamates (subject to hydrolysis) is 1. The SMILES string of the molecule is CC(C)(C)OC(=O)NC1CC2CCC(C1)N2c1ncc(Sc2ccnc(N)c2Cl)nn1. The van der Waals surface area contributed by atoms with Crippen LogP contribution in [0.15, 0.2) is 28.4 Å². The van der Waals surface area contributed by atoms with E-state index in [9.17, 15) is 4.79 Å². The van der Waals surface area contributed by atoms with Gasteiger partial charge in [0.25, 0.3) is 0 Å². The molecular weight excluding hydrogens is 438 g/mol. The number of piperidine rings is 1. The number of nitrogens with two attached hydrogens (primary N) is 1. The maximum Gasteiger partial charge on any atom is 0.407 e. The topological polar surface area (TPSA) is 119 Å². The van der Waals surface area contributed by atoms with E-state index in [1.165, 1.54) is 11.8 Å². The van der Waals surface area contributed by atoms with E-state index in [4.69, 9.17) is 22.1 Å². The number of rotatable bonds is 4. The zero-order chi connectivity index (χ0) is 22.2. The lowest BCUT2D eigenvalue weighted by Gasteiger charge is -2.39. The third-order valence-electron chi connectivity index (χ3n) is 5.31. The molecule has 4 heterocycles. The predicted molar refractivity (Wildman–Crippen MR) is 119 cm³/mol. The first kappa shape index (κ1) is 21.9. The van der Waals surface area contributed by atoms with E-state index in [2.05, 4.69) is 30.4 Å². The highest BCUT2D eigenvalue weighted by Crippen LogP contribution is 2.38. The lowest BCUT2D eigenvalue weighted by atomic mass is 9.98. The van der Waals surface area contributed by atoms with Crippen molar-refractivity contribution in [1.29, 1.82) is 0 Å². The molecule has 9 nitrogen and oxygen atoms in total. The lowest BCUT2D eigenvalue weighted by Crippen LogP contribution is -2.51. The van der Waals surface area contributed by atoms with Crippen molar-refractivity contribution in [2.45, 2.75) is 80.1 Å². The van der Waals surface area contributed by atoms with E-state index in [0.717, 1.165) is 30.6 Å². The van der Waals surface area contributed by atoms with Gasteiger partial charge in [-0.1, -0.05) is 23.4 Å². The number of ether oxygens (including phenoxy) is 1. The van der Waals surface area contributed by atoms with Crippen LogP contribution in [0.2, 0.25) is 5.02 Å². The van der Waals surface area contributed by atoms with E-state index in [1.807, 2.05) is 20.8 Å². The average Bonchev–Trinajstić information content (AvgIpc) is 2.95. The van der Waals surface area contributed by atoms with Gasteiger partial charge in [0.2, 0.25) is 5.95 Å². The van der Waals surface area contributed by atoms with Crippen molar-refractivity contribution in [1.82, 2.24) is 25.5 Å². The Kier molecular flexibility index (Phi) is 6.11. The zero-order valence-electron chi connectivity index (χ0n) is 17.7. The van der Waals surface area contributed by atoms with Crippen molar-refractivity contribution in [3.8, 4) is 0 Å². The molecule has 0 aliphatic carbocycles. The Labute approximate surface area is 190 Å². The number of fused-ring (bicyclic) bond motifs is 2. The van der Waals surface area contributed by atoms with Gasteiger partial charge < -0.3 is 20.7 Å². The Hall–Kier alpha value is -2.33. The molecule has 166 valence electrons. The summed E-state index contributed by atoms with van der Waals surface area (Å²) in [6, 6.07) is 2.41. The minimum Gasteiger partial charge on any atom is -0.444 e. The van der Waals surface area contributed by atoms with Crippen molar-refractivity contribution in [3.63, 3.8) is 0 Å². The smallest absolute Gasteiger partial charge is 0.407 e. The Morgan fingerprint density at radius 1 is 1.26 bits per heavy atom. The van der Waals surface area contributed by atoms with Crippen LogP contribution in [0.4, 0.5) is 16.6 Å². The summed E-state index contributed by atoms with van der Waals surface area (Å²) in [5.41, 5.74) is 5.25. The van der Waals surface area contributed by atoms with E-state index >= 15 is 0 Å². The number of nitrogen functional groups attached to an aromatic ring is 1. The van der Waals surface area contributed by atoms with Crippen LogP contribution in [-0.2, 0) is 4.74 Å². The molecule has 3 N–H and O–H groups in total. The molecule has 0 radical (unpaired) electrons. The summed E-state index contributed by atoms with van der Waals surface area (Å²) in [6.07, 6.45) is 6.70. The van der Waals surface area contributed by atoms with Crippen molar-refractivity contribution >= 4 is 41.2 Å². The van der Waals surface area contributed by atoms with Crippen LogP contribution in [0.25, 0.3) is 0 Å². The van der Waals surface area contributed by atoms with Crippen molar-refractivity contribution in [2.24, 2.45) is 0 Å². The molecule has 2 aliphatic heterocycles. The summed E-state index contributed by atoms with van der Waals surface area (Å²) < 4.78 is 5.40. The number of pyridine rings is 1. The highest BCUT2D eigenvalue weighted by atomic mass is 35.5. The fourth-order valence-electron chi connectivity index (χ4n) is 4.15. The number of carbonyl (C=O) groups is 1. The van der Waals surface area contributed by atoms with E-state index in [0.29, 0.717) is 16.0 Å². The third kappa shape index (κ3) is 5.12. The molecule has 2 aromatic heterocycles. The first-order chi connectivity index (χ1) is 14.7. The number of amides is 1. The molecule has 11 heteroatoms. The van der Waals surface area contributed by atoms with Gasteiger partial charge in [0.05, 0.1) is 11.2 Å². The van der Waals surface area contributed by atoms with Crippen LogP contribution in [-0.4, -0.2) is 50.0 Å². The second-order valence-electron chi connectivity index (χ2n) is 8.81. The number of halogens is 1. The lowest BCUT2D eigenvalue weighted by molar-refractivity contribution is 0.0492. The minimum atomic E-state index is -0.505. The summed E-state index contributed by atoms with van der Waals surface area (Å²) in [5, 5.41) is 12.7. The summed E-state index contributed by atoms with van der Waals surface area (Å²) in [7, 11) is 0. The normalized spacial score (nSPS) is 23.0. The minimum absolute atomic E-state index is 0.0886. The van der Waals surface area contributed by atoms with Crippen molar-refractivity contribution in [3.05, 3.63) is 23.5 Å². The molecule has 0 spiro atoms. The fraction of sp³-hybridized carbons (Fsp3) is 0.550. The van der Waals surface area contributed by atoms with Crippen LogP contribution >= 0.6 is 23.4 Å². The number of anilines is 2. The number of hydrogen-bond donors (Lipinski definition) is 2. The zero-order valence-corrected chi connectivity index (χ0v) is 19.3. The van der Waals surface area contributed by atoms with E-state index < -0.39 is 5.60 Å². The van der Waals surface area contributed by atoms with Crippen LogP contribution in [0.3, 0.4) is 0 Å². The van der Waals surface area contributed by atoms with Gasteiger partial charge in [-0.05, 0) is 52.5 Å². The van der Waals surface area contributed by atoms with E-state index in [-0.39, 0.29) is 30.0 Å². The first-order valence-electron chi connectivity index (χ1n) is 10.2. The van der Waals surface area contributed by atoms with Gasteiger partial charge in [-0.15, -0.1) is 10.2 Å². The molecule has 2 aromatic rings. The van der Waals surface area contributed by atoms with Crippen LogP contribution in [0.5, 0.6) is 0 Å². The molecule has 2 unspecified atom stereocenters. The average molecular weight is 464 g/mol. The van der Waals surface area contributed by atoms with Gasteiger partial charge in [-0.2, -0.15) is 0 Å². The van der Waals surface area contributed by atoms with Gasteiger partial charge in [-0.3, -0.25) is 0 Å². The molecule has 4 rings (SSSR count). The van der Waals surface area contributed by atoms with Gasteiger partial charge in [0.15, 0.2) is 0 Å².